The van der Waals surface area contributed by atoms with Gasteiger partial charge in [0, 0.05) is 18.1 Å². The lowest BCUT2D eigenvalue weighted by Gasteiger charge is -2.08. The summed E-state index contributed by atoms with van der Waals surface area (Å²) in [7, 11) is 0. The summed E-state index contributed by atoms with van der Waals surface area (Å²) in [5.41, 5.74) is 5.50. The van der Waals surface area contributed by atoms with Crippen molar-refractivity contribution in [2.24, 2.45) is 5.73 Å². The molecule has 4 nitrogen and oxygen atoms in total. The lowest BCUT2D eigenvalue weighted by Crippen LogP contribution is -2.41. The van der Waals surface area contributed by atoms with E-state index < -0.39 is 0 Å². The van der Waals surface area contributed by atoms with Crippen molar-refractivity contribution in [3.8, 4) is 0 Å². The van der Waals surface area contributed by atoms with Crippen LogP contribution in [0, 0.1) is 0 Å². The number of nitrogens with two attached hydrogens (primary N) is 1. The van der Waals surface area contributed by atoms with Crippen LogP contribution in [0.4, 0.5) is 4.79 Å². The van der Waals surface area contributed by atoms with E-state index in [1.165, 1.54) is 0 Å². The van der Waals surface area contributed by atoms with Crippen molar-refractivity contribution in [1.29, 1.82) is 0 Å². The second-order valence-electron chi connectivity index (χ2n) is 3.28. The zero-order valence-corrected chi connectivity index (χ0v) is 6.92. The second kappa shape index (κ2) is 3.09. The summed E-state index contributed by atoms with van der Waals surface area (Å²) in [6.45, 7) is 3.85. The van der Waals surface area contributed by atoms with Gasteiger partial charge in [-0.2, -0.15) is 0 Å². The third-order valence-electron chi connectivity index (χ3n) is 1.58. The Labute approximate surface area is 66.5 Å². The summed E-state index contributed by atoms with van der Waals surface area (Å²) in [5.74, 6) is 0. The van der Waals surface area contributed by atoms with Crippen LogP contribution >= 0.6 is 0 Å². The Morgan fingerprint density at radius 2 is 2.18 bits per heavy atom. The minimum Gasteiger partial charge on any atom is -0.336 e. The zero-order chi connectivity index (χ0) is 8.43. The van der Waals surface area contributed by atoms with Crippen LogP contribution in [0.15, 0.2) is 0 Å². The van der Waals surface area contributed by atoms with E-state index in [1.54, 1.807) is 0 Å². The highest BCUT2D eigenvalue weighted by atomic mass is 16.2. The molecule has 0 aromatic heterocycles. The minimum absolute atomic E-state index is 0.113. The number of nitrogens with one attached hydrogen (secondary N) is 2. The topological polar surface area (TPSA) is 67.2 Å². The molecule has 2 amide bonds. The first-order chi connectivity index (χ1) is 5.09. The minimum atomic E-state index is -0.113. The number of carbonyl (C=O) groups excluding carboxylic acids is 1. The quantitative estimate of drug-likeness (QED) is 0.519. The molecule has 0 bridgehead atoms. The largest absolute Gasteiger partial charge is 0.336 e. The molecule has 4 N–H and O–H groups in total. The monoisotopic (exact) mass is 157 g/mol. The van der Waals surface area contributed by atoms with E-state index in [0.717, 1.165) is 6.42 Å². The third-order valence-corrected chi connectivity index (χ3v) is 1.58. The van der Waals surface area contributed by atoms with Gasteiger partial charge < -0.3 is 16.4 Å². The van der Waals surface area contributed by atoms with Crippen LogP contribution in [0.25, 0.3) is 0 Å². The number of hydrogen-bond donors (Lipinski definition) is 3. The fourth-order valence-electron chi connectivity index (χ4n) is 0.853. The molecule has 0 aromatic carbocycles. The average molecular weight is 157 g/mol. The standard InChI is InChI=1S/C7H15N3O/c1-4(2)9-7(11)10-6-3-5(6)8/h4-6H,3,8H2,1-2H3,(H2,9,10,11)/t5-,6+/m0/s1. The predicted octanol–water partition coefficient (Wildman–Crippen LogP) is -0.206. The summed E-state index contributed by atoms with van der Waals surface area (Å²) in [6.07, 6.45) is 0.908. The number of rotatable bonds is 2. The Balaban J connectivity index is 2.11. The van der Waals surface area contributed by atoms with Crippen molar-refractivity contribution in [2.75, 3.05) is 0 Å². The molecule has 1 rings (SSSR count). The molecule has 1 aliphatic carbocycles. The maximum absolute atomic E-state index is 11.0. The molecule has 1 aliphatic rings. The van der Waals surface area contributed by atoms with Gasteiger partial charge in [0.05, 0.1) is 0 Å². The summed E-state index contributed by atoms with van der Waals surface area (Å²) in [6, 6.07) is 0.449. The zero-order valence-electron chi connectivity index (χ0n) is 6.92. The highest BCUT2D eigenvalue weighted by molar-refractivity contribution is 5.75. The summed E-state index contributed by atoms with van der Waals surface area (Å²) >= 11 is 0. The fraction of sp³-hybridized carbons (Fsp3) is 0.857. The van der Waals surface area contributed by atoms with Crippen LogP contribution in [-0.2, 0) is 0 Å². The molecular formula is C7H15N3O. The third kappa shape index (κ3) is 2.76. The number of urea groups is 1. The van der Waals surface area contributed by atoms with E-state index >= 15 is 0 Å². The van der Waals surface area contributed by atoms with E-state index in [4.69, 9.17) is 5.73 Å². The SMILES string of the molecule is CC(C)NC(=O)N[C@@H]1C[C@@H]1N. The molecular weight excluding hydrogens is 142 g/mol. The maximum Gasteiger partial charge on any atom is 0.315 e. The first kappa shape index (κ1) is 8.33. The Hall–Kier alpha value is -0.770. The van der Waals surface area contributed by atoms with E-state index in [0.29, 0.717) is 0 Å². The van der Waals surface area contributed by atoms with Gasteiger partial charge in [0.1, 0.15) is 0 Å². The molecule has 4 heteroatoms. The van der Waals surface area contributed by atoms with Crippen LogP contribution in [0.3, 0.4) is 0 Å². The Kier molecular flexibility index (Phi) is 2.34. The Morgan fingerprint density at radius 3 is 2.55 bits per heavy atom. The van der Waals surface area contributed by atoms with Crippen molar-refractivity contribution in [3.05, 3.63) is 0 Å². The van der Waals surface area contributed by atoms with Gasteiger partial charge in [-0.05, 0) is 20.3 Å². The van der Waals surface area contributed by atoms with Crippen molar-refractivity contribution in [1.82, 2.24) is 10.6 Å². The van der Waals surface area contributed by atoms with Gasteiger partial charge >= 0.3 is 6.03 Å². The lowest BCUT2D eigenvalue weighted by atomic mass is 10.4. The van der Waals surface area contributed by atoms with Crippen molar-refractivity contribution >= 4 is 6.03 Å². The van der Waals surface area contributed by atoms with Crippen LogP contribution < -0.4 is 16.4 Å². The van der Waals surface area contributed by atoms with Gasteiger partial charge in [-0.3, -0.25) is 0 Å². The van der Waals surface area contributed by atoms with Crippen molar-refractivity contribution in [3.63, 3.8) is 0 Å². The van der Waals surface area contributed by atoms with E-state index in [-0.39, 0.29) is 24.2 Å². The smallest absolute Gasteiger partial charge is 0.315 e. The van der Waals surface area contributed by atoms with E-state index in [9.17, 15) is 4.79 Å². The number of amides is 2. The lowest BCUT2D eigenvalue weighted by molar-refractivity contribution is 0.238. The first-order valence-electron chi connectivity index (χ1n) is 3.92. The molecule has 1 saturated carbocycles. The molecule has 1 fully saturated rings. The average Bonchev–Trinajstić information content (AvgIpc) is 2.43. The van der Waals surface area contributed by atoms with Crippen LogP contribution in [0.2, 0.25) is 0 Å². The van der Waals surface area contributed by atoms with Gasteiger partial charge in [0.15, 0.2) is 0 Å². The highest BCUT2D eigenvalue weighted by Gasteiger charge is 2.34. The fourth-order valence-corrected chi connectivity index (χ4v) is 0.853. The molecule has 0 radical (unpaired) electrons. The highest BCUT2D eigenvalue weighted by Crippen LogP contribution is 2.17. The molecule has 0 saturated heterocycles. The summed E-state index contributed by atoms with van der Waals surface area (Å²) in [5, 5.41) is 5.49. The molecule has 0 spiro atoms. The molecule has 2 atom stereocenters. The first-order valence-corrected chi connectivity index (χ1v) is 3.92. The Morgan fingerprint density at radius 1 is 1.64 bits per heavy atom. The summed E-state index contributed by atoms with van der Waals surface area (Å²) < 4.78 is 0. The van der Waals surface area contributed by atoms with E-state index in [2.05, 4.69) is 10.6 Å². The molecule has 0 aliphatic heterocycles. The van der Waals surface area contributed by atoms with Gasteiger partial charge in [-0.15, -0.1) is 0 Å². The van der Waals surface area contributed by atoms with Crippen molar-refractivity contribution < 1.29 is 4.79 Å². The normalized spacial score (nSPS) is 28.4. The second-order valence-corrected chi connectivity index (χ2v) is 3.28. The van der Waals surface area contributed by atoms with Crippen LogP contribution in [0.5, 0.6) is 0 Å². The van der Waals surface area contributed by atoms with Crippen LogP contribution in [-0.4, -0.2) is 24.2 Å². The van der Waals surface area contributed by atoms with Gasteiger partial charge in [-0.1, -0.05) is 0 Å². The molecule has 0 aromatic rings. The molecule has 0 heterocycles. The number of carbonyl (C=O) groups is 1. The Bertz CT molecular complexity index is 158. The maximum atomic E-state index is 11.0. The molecule has 64 valence electrons. The van der Waals surface area contributed by atoms with Gasteiger partial charge in [0.25, 0.3) is 0 Å². The predicted molar refractivity (Wildman–Crippen MR) is 43.2 cm³/mol. The van der Waals surface area contributed by atoms with Crippen LogP contribution in [0.1, 0.15) is 20.3 Å². The van der Waals surface area contributed by atoms with Gasteiger partial charge in [-0.25, -0.2) is 4.79 Å². The number of hydrogen-bond acceptors (Lipinski definition) is 2. The van der Waals surface area contributed by atoms with Gasteiger partial charge in [0.2, 0.25) is 0 Å². The van der Waals surface area contributed by atoms with Crippen molar-refractivity contribution in [2.45, 2.75) is 38.4 Å². The van der Waals surface area contributed by atoms with E-state index in [1.807, 2.05) is 13.8 Å². The summed E-state index contributed by atoms with van der Waals surface area (Å²) in [4.78, 5) is 11.0. The molecule has 0 unspecified atom stereocenters. The molecule has 11 heavy (non-hydrogen) atoms.